The van der Waals surface area contributed by atoms with Crippen LogP contribution in [0.2, 0.25) is 0 Å². The van der Waals surface area contributed by atoms with Crippen molar-refractivity contribution in [3.63, 3.8) is 0 Å². The normalized spacial score (nSPS) is 10.5. The summed E-state index contributed by atoms with van der Waals surface area (Å²) in [6.07, 6.45) is 3.48. The van der Waals surface area contributed by atoms with Crippen LogP contribution in [-0.2, 0) is 6.54 Å². The van der Waals surface area contributed by atoms with Crippen molar-refractivity contribution in [1.29, 1.82) is 0 Å². The van der Waals surface area contributed by atoms with Gasteiger partial charge in [0.1, 0.15) is 0 Å². The minimum atomic E-state index is -0.0318. The molecule has 17 heavy (non-hydrogen) atoms. The van der Waals surface area contributed by atoms with Crippen molar-refractivity contribution >= 4 is 21.7 Å². The Hall–Kier alpha value is -1.42. The fourth-order valence-electron chi connectivity index (χ4n) is 1.73. The van der Waals surface area contributed by atoms with E-state index in [1.807, 2.05) is 42.8 Å². The van der Waals surface area contributed by atoms with Crippen LogP contribution >= 0.6 is 15.9 Å². The van der Waals surface area contributed by atoms with Crippen LogP contribution in [0.15, 0.2) is 35.1 Å². The molecule has 0 atom stereocenters. The number of aromatic nitrogens is 2. The summed E-state index contributed by atoms with van der Waals surface area (Å²) >= 11 is 3.38. The highest BCUT2D eigenvalue weighted by Crippen LogP contribution is 2.18. The van der Waals surface area contributed by atoms with Gasteiger partial charge in [-0.1, -0.05) is 22.0 Å². The zero-order valence-corrected chi connectivity index (χ0v) is 11.4. The average molecular weight is 293 g/mol. The smallest absolute Gasteiger partial charge is 0.228 e. The summed E-state index contributed by atoms with van der Waals surface area (Å²) in [5.74, 6) is 0.462. The summed E-state index contributed by atoms with van der Waals surface area (Å²) in [5.41, 5.74) is 1.66. The molecule has 0 aliphatic carbocycles. The molecule has 1 aromatic carbocycles. The summed E-state index contributed by atoms with van der Waals surface area (Å²) < 4.78 is 2.75. The van der Waals surface area contributed by atoms with Crippen LogP contribution in [-0.4, -0.2) is 15.3 Å². The van der Waals surface area contributed by atoms with Gasteiger partial charge >= 0.3 is 0 Å². The Morgan fingerprint density at radius 3 is 2.94 bits per heavy atom. The second-order valence-corrected chi connectivity index (χ2v) is 4.74. The first kappa shape index (κ1) is 12.0. The molecule has 0 unspecified atom stereocenters. The molecule has 0 amide bonds. The molecule has 1 aromatic heterocycles. The summed E-state index contributed by atoms with van der Waals surface area (Å²) in [5, 5.41) is 0. The van der Waals surface area contributed by atoms with Crippen LogP contribution in [0.3, 0.4) is 0 Å². The highest BCUT2D eigenvalue weighted by atomic mass is 79.9. The number of carbonyl (C=O) groups excluding carboxylic acids is 1. The lowest BCUT2D eigenvalue weighted by atomic mass is 10.0. The topological polar surface area (TPSA) is 34.9 Å². The second kappa shape index (κ2) is 4.84. The third-order valence-corrected chi connectivity index (χ3v) is 3.20. The van der Waals surface area contributed by atoms with Crippen molar-refractivity contribution in [3.8, 4) is 0 Å². The maximum Gasteiger partial charge on any atom is 0.228 e. The number of benzene rings is 1. The van der Waals surface area contributed by atoms with Crippen LogP contribution in [0.25, 0.3) is 0 Å². The van der Waals surface area contributed by atoms with E-state index in [1.54, 1.807) is 6.20 Å². The van der Waals surface area contributed by atoms with Gasteiger partial charge in [-0.2, -0.15) is 0 Å². The minimum Gasteiger partial charge on any atom is -0.328 e. The predicted molar refractivity (Wildman–Crippen MR) is 70.2 cm³/mol. The van der Waals surface area contributed by atoms with E-state index in [1.165, 1.54) is 0 Å². The lowest BCUT2D eigenvalue weighted by Crippen LogP contribution is -2.11. The Kier molecular flexibility index (Phi) is 3.43. The maximum atomic E-state index is 12.4. The van der Waals surface area contributed by atoms with E-state index in [9.17, 15) is 4.79 Å². The summed E-state index contributed by atoms with van der Waals surface area (Å²) in [7, 11) is 0. The van der Waals surface area contributed by atoms with Crippen molar-refractivity contribution in [2.75, 3.05) is 0 Å². The Morgan fingerprint density at radius 1 is 1.47 bits per heavy atom. The van der Waals surface area contributed by atoms with E-state index in [4.69, 9.17) is 0 Å². The third kappa shape index (κ3) is 2.31. The number of carbonyl (C=O) groups is 1. The third-order valence-electron chi connectivity index (χ3n) is 2.70. The Morgan fingerprint density at radius 2 is 2.24 bits per heavy atom. The molecule has 2 aromatic rings. The molecule has 0 saturated heterocycles. The SMILES string of the molecule is CCn1ccnc1C(=O)c1cc(Br)ccc1C. The second-order valence-electron chi connectivity index (χ2n) is 3.83. The molecule has 0 fully saturated rings. The average Bonchev–Trinajstić information content (AvgIpc) is 2.79. The molecule has 0 aliphatic rings. The molecule has 0 saturated carbocycles. The van der Waals surface area contributed by atoms with Gasteiger partial charge in [0.25, 0.3) is 0 Å². The Bertz CT molecular complexity index is 560. The van der Waals surface area contributed by atoms with Crippen molar-refractivity contribution in [2.45, 2.75) is 20.4 Å². The fraction of sp³-hybridized carbons (Fsp3) is 0.231. The summed E-state index contributed by atoms with van der Waals surface area (Å²) in [6.45, 7) is 4.67. The molecular weight excluding hydrogens is 280 g/mol. The molecular formula is C13H13BrN2O. The van der Waals surface area contributed by atoms with Gasteiger partial charge in [0, 0.05) is 29.0 Å². The van der Waals surface area contributed by atoms with E-state index in [-0.39, 0.29) is 5.78 Å². The lowest BCUT2D eigenvalue weighted by Gasteiger charge is -2.07. The highest BCUT2D eigenvalue weighted by Gasteiger charge is 2.16. The predicted octanol–water partition coefficient (Wildman–Crippen LogP) is 3.20. The first-order valence-corrected chi connectivity index (χ1v) is 6.24. The van der Waals surface area contributed by atoms with Gasteiger partial charge in [-0.25, -0.2) is 4.98 Å². The Balaban J connectivity index is 2.47. The molecule has 0 radical (unpaired) electrons. The number of nitrogens with zero attached hydrogens (tertiary/aromatic N) is 2. The Labute approximate surface area is 109 Å². The standard InChI is InChI=1S/C13H13BrN2O/c1-3-16-7-6-15-13(16)12(17)11-8-10(14)5-4-9(11)2/h4-8H,3H2,1-2H3. The first-order chi connectivity index (χ1) is 8.13. The molecule has 3 nitrogen and oxygen atoms in total. The van der Waals surface area contributed by atoms with Crippen LogP contribution in [0, 0.1) is 6.92 Å². The number of imidazole rings is 1. The maximum absolute atomic E-state index is 12.4. The van der Waals surface area contributed by atoms with Gasteiger partial charge < -0.3 is 4.57 Å². The number of hydrogen-bond acceptors (Lipinski definition) is 2. The van der Waals surface area contributed by atoms with Crippen LogP contribution in [0.1, 0.15) is 28.7 Å². The van der Waals surface area contributed by atoms with E-state index in [0.29, 0.717) is 11.4 Å². The molecule has 4 heteroatoms. The number of halogens is 1. The van der Waals surface area contributed by atoms with Crippen molar-refractivity contribution < 1.29 is 4.79 Å². The van der Waals surface area contributed by atoms with Crippen LogP contribution in [0.4, 0.5) is 0 Å². The molecule has 0 aliphatic heterocycles. The molecule has 0 bridgehead atoms. The van der Waals surface area contributed by atoms with Gasteiger partial charge in [0.2, 0.25) is 5.78 Å². The van der Waals surface area contributed by atoms with E-state index in [0.717, 1.165) is 16.6 Å². The quantitative estimate of drug-likeness (QED) is 0.814. The van der Waals surface area contributed by atoms with Crippen LogP contribution < -0.4 is 0 Å². The summed E-state index contributed by atoms with van der Waals surface area (Å²) in [6, 6.07) is 5.70. The monoisotopic (exact) mass is 292 g/mol. The van der Waals surface area contributed by atoms with Gasteiger partial charge in [-0.15, -0.1) is 0 Å². The van der Waals surface area contributed by atoms with Gasteiger partial charge in [-0.3, -0.25) is 4.79 Å². The van der Waals surface area contributed by atoms with E-state index in [2.05, 4.69) is 20.9 Å². The zero-order valence-electron chi connectivity index (χ0n) is 9.77. The molecule has 2 rings (SSSR count). The van der Waals surface area contributed by atoms with Crippen LogP contribution in [0.5, 0.6) is 0 Å². The molecule has 0 N–H and O–H groups in total. The van der Waals surface area contributed by atoms with Crippen molar-refractivity contribution in [1.82, 2.24) is 9.55 Å². The lowest BCUT2D eigenvalue weighted by molar-refractivity contribution is 0.102. The number of rotatable bonds is 3. The summed E-state index contributed by atoms with van der Waals surface area (Å²) in [4.78, 5) is 16.5. The van der Waals surface area contributed by atoms with Crippen molar-refractivity contribution in [3.05, 3.63) is 52.0 Å². The number of ketones is 1. The number of aryl methyl sites for hydroxylation is 2. The van der Waals surface area contributed by atoms with Crippen molar-refractivity contribution in [2.24, 2.45) is 0 Å². The minimum absolute atomic E-state index is 0.0318. The van der Waals surface area contributed by atoms with Gasteiger partial charge in [0.05, 0.1) is 0 Å². The van der Waals surface area contributed by atoms with E-state index < -0.39 is 0 Å². The zero-order chi connectivity index (χ0) is 12.4. The number of hydrogen-bond donors (Lipinski definition) is 0. The fourth-order valence-corrected chi connectivity index (χ4v) is 2.09. The first-order valence-electron chi connectivity index (χ1n) is 5.45. The highest BCUT2D eigenvalue weighted by molar-refractivity contribution is 9.10. The van der Waals surface area contributed by atoms with Gasteiger partial charge in [0.15, 0.2) is 5.82 Å². The molecule has 1 heterocycles. The van der Waals surface area contributed by atoms with Gasteiger partial charge in [-0.05, 0) is 31.5 Å². The largest absolute Gasteiger partial charge is 0.328 e. The molecule has 0 spiro atoms. The molecule has 88 valence electrons. The van der Waals surface area contributed by atoms with E-state index >= 15 is 0 Å².